The minimum Gasteiger partial charge on any atom is -0.494 e. The van der Waals surface area contributed by atoms with Gasteiger partial charge in [0.05, 0.1) is 24.1 Å². The smallest absolute Gasteiger partial charge is 0.257 e. The molecule has 0 spiro atoms. The van der Waals surface area contributed by atoms with E-state index in [2.05, 4.69) is 41.6 Å². The van der Waals surface area contributed by atoms with Crippen LogP contribution in [0, 0.1) is 0 Å². The molecule has 0 unspecified atom stereocenters. The van der Waals surface area contributed by atoms with Crippen LogP contribution in [0.4, 0.5) is 17.1 Å². The van der Waals surface area contributed by atoms with Crippen molar-refractivity contribution in [1.29, 1.82) is 0 Å². The number of nitrogens with one attached hydrogen (secondary N) is 2. The molecule has 0 aliphatic heterocycles. The maximum atomic E-state index is 12.5. The second-order valence-electron chi connectivity index (χ2n) is 6.78. The quantitative estimate of drug-likeness (QED) is 0.564. The Morgan fingerprint density at radius 1 is 0.964 bits per heavy atom. The fraction of sp³-hybridized carbons (Fsp3) is 0.217. The molecule has 0 radical (unpaired) electrons. The van der Waals surface area contributed by atoms with E-state index in [1.54, 1.807) is 18.5 Å². The zero-order valence-corrected chi connectivity index (χ0v) is 16.4. The first-order chi connectivity index (χ1) is 13.5. The highest BCUT2D eigenvalue weighted by Crippen LogP contribution is 2.21. The highest BCUT2D eigenvalue weighted by molar-refractivity contribution is 6.04. The van der Waals surface area contributed by atoms with Crippen LogP contribution in [0.25, 0.3) is 0 Å². The largest absolute Gasteiger partial charge is 0.494 e. The summed E-state index contributed by atoms with van der Waals surface area (Å²) in [4.78, 5) is 16.7. The maximum Gasteiger partial charge on any atom is 0.257 e. The second kappa shape index (κ2) is 9.04. The Morgan fingerprint density at radius 2 is 1.64 bits per heavy atom. The third kappa shape index (κ3) is 5.10. The van der Waals surface area contributed by atoms with Crippen molar-refractivity contribution in [2.75, 3.05) is 17.2 Å². The number of pyridine rings is 1. The number of amides is 1. The summed E-state index contributed by atoms with van der Waals surface area (Å²) in [5.74, 6) is 1.05. The van der Waals surface area contributed by atoms with E-state index in [9.17, 15) is 4.79 Å². The zero-order valence-electron chi connectivity index (χ0n) is 16.4. The Balaban J connectivity index is 1.67. The molecule has 0 atom stereocenters. The van der Waals surface area contributed by atoms with Crippen LogP contribution in [0.2, 0.25) is 0 Å². The molecule has 28 heavy (non-hydrogen) atoms. The van der Waals surface area contributed by atoms with Gasteiger partial charge in [-0.25, -0.2) is 0 Å². The summed E-state index contributed by atoms with van der Waals surface area (Å²) in [6.45, 7) is 6.87. The molecule has 2 aromatic carbocycles. The highest BCUT2D eigenvalue weighted by Gasteiger charge is 2.08. The molecule has 3 rings (SSSR count). The lowest BCUT2D eigenvalue weighted by Crippen LogP contribution is -2.12. The van der Waals surface area contributed by atoms with Gasteiger partial charge in [0.1, 0.15) is 5.75 Å². The third-order valence-electron chi connectivity index (χ3n) is 4.29. The Bertz CT molecular complexity index is 919. The molecule has 5 nitrogen and oxygen atoms in total. The van der Waals surface area contributed by atoms with Gasteiger partial charge < -0.3 is 15.4 Å². The first-order valence-electron chi connectivity index (χ1n) is 9.41. The summed E-state index contributed by atoms with van der Waals surface area (Å²) < 4.78 is 5.41. The lowest BCUT2D eigenvalue weighted by atomic mass is 10.0. The predicted octanol–water partition coefficient (Wildman–Crippen LogP) is 5.60. The van der Waals surface area contributed by atoms with Gasteiger partial charge in [0, 0.05) is 17.6 Å². The van der Waals surface area contributed by atoms with Crippen LogP contribution in [0.3, 0.4) is 0 Å². The Morgan fingerprint density at radius 3 is 2.29 bits per heavy atom. The van der Waals surface area contributed by atoms with Crippen molar-refractivity contribution < 1.29 is 9.53 Å². The van der Waals surface area contributed by atoms with Gasteiger partial charge in [-0.1, -0.05) is 26.0 Å². The normalized spacial score (nSPS) is 10.6. The molecule has 3 aromatic rings. The zero-order chi connectivity index (χ0) is 19.9. The number of anilines is 3. The number of benzene rings is 2. The molecule has 0 aliphatic carbocycles. The topological polar surface area (TPSA) is 63.2 Å². The molecule has 2 N–H and O–H groups in total. The predicted molar refractivity (Wildman–Crippen MR) is 114 cm³/mol. The van der Waals surface area contributed by atoms with Crippen LogP contribution in [0.1, 0.15) is 42.6 Å². The molecule has 0 saturated heterocycles. The average molecular weight is 375 g/mol. The van der Waals surface area contributed by atoms with Gasteiger partial charge in [-0.2, -0.15) is 0 Å². The molecule has 0 bridgehead atoms. The SMILES string of the molecule is CCOc1ccc(NC(=O)c2cncc(Nc3ccc(C(C)C)cc3)c2)cc1. The van der Waals surface area contributed by atoms with Crippen LogP contribution in [-0.4, -0.2) is 17.5 Å². The molecule has 5 heteroatoms. The van der Waals surface area contributed by atoms with E-state index in [0.29, 0.717) is 23.8 Å². The van der Waals surface area contributed by atoms with Crippen molar-refractivity contribution in [3.63, 3.8) is 0 Å². The average Bonchev–Trinajstić information content (AvgIpc) is 2.70. The molecule has 0 aliphatic rings. The van der Waals surface area contributed by atoms with Crippen LogP contribution < -0.4 is 15.4 Å². The van der Waals surface area contributed by atoms with E-state index < -0.39 is 0 Å². The molecule has 1 aromatic heterocycles. The number of hydrogen-bond donors (Lipinski definition) is 2. The molecule has 1 amide bonds. The fourth-order valence-corrected chi connectivity index (χ4v) is 2.75. The standard InChI is InChI=1S/C23H25N3O2/c1-4-28-22-11-9-20(10-12-22)26-23(27)18-13-21(15-24-14-18)25-19-7-5-17(6-8-19)16(2)3/h5-16,25H,4H2,1-3H3,(H,26,27). The van der Waals surface area contributed by atoms with Crippen LogP contribution in [-0.2, 0) is 0 Å². The number of carbonyl (C=O) groups is 1. The van der Waals surface area contributed by atoms with Crippen molar-refractivity contribution in [3.05, 3.63) is 78.1 Å². The number of rotatable bonds is 7. The monoisotopic (exact) mass is 375 g/mol. The summed E-state index contributed by atoms with van der Waals surface area (Å²) in [7, 11) is 0. The first-order valence-corrected chi connectivity index (χ1v) is 9.41. The summed E-state index contributed by atoms with van der Waals surface area (Å²) in [5, 5.41) is 6.17. The molecule has 0 fully saturated rings. The van der Waals surface area contributed by atoms with E-state index in [-0.39, 0.29) is 5.91 Å². The van der Waals surface area contributed by atoms with Crippen LogP contribution in [0.15, 0.2) is 67.0 Å². The number of carbonyl (C=O) groups excluding carboxylic acids is 1. The molecule has 0 saturated carbocycles. The minimum absolute atomic E-state index is 0.213. The third-order valence-corrected chi connectivity index (χ3v) is 4.29. The molecular formula is C23H25N3O2. The minimum atomic E-state index is -0.213. The molecular weight excluding hydrogens is 350 g/mol. The summed E-state index contributed by atoms with van der Waals surface area (Å²) in [6, 6.07) is 17.3. The van der Waals surface area contributed by atoms with Crippen molar-refractivity contribution in [2.24, 2.45) is 0 Å². The van der Waals surface area contributed by atoms with Crippen molar-refractivity contribution in [3.8, 4) is 5.75 Å². The van der Waals surface area contributed by atoms with E-state index >= 15 is 0 Å². The van der Waals surface area contributed by atoms with E-state index in [1.807, 2.05) is 43.3 Å². The Hall–Kier alpha value is -3.34. The van der Waals surface area contributed by atoms with Crippen molar-refractivity contribution >= 4 is 23.0 Å². The van der Waals surface area contributed by atoms with Gasteiger partial charge in [-0.05, 0) is 60.9 Å². The van der Waals surface area contributed by atoms with Gasteiger partial charge in [0.25, 0.3) is 5.91 Å². The maximum absolute atomic E-state index is 12.5. The number of nitrogens with zero attached hydrogens (tertiary/aromatic N) is 1. The number of aromatic nitrogens is 1. The summed E-state index contributed by atoms with van der Waals surface area (Å²) in [5.41, 5.74) is 4.19. The number of hydrogen-bond acceptors (Lipinski definition) is 4. The first kappa shape index (κ1) is 19.4. The van der Waals surface area contributed by atoms with Gasteiger partial charge >= 0.3 is 0 Å². The molecule has 144 valence electrons. The lowest BCUT2D eigenvalue weighted by molar-refractivity contribution is 0.102. The van der Waals surface area contributed by atoms with Crippen LogP contribution in [0.5, 0.6) is 5.75 Å². The van der Waals surface area contributed by atoms with Crippen molar-refractivity contribution in [1.82, 2.24) is 4.98 Å². The molecule has 1 heterocycles. The Kier molecular flexibility index (Phi) is 6.27. The van der Waals surface area contributed by atoms with Gasteiger partial charge in [-0.3, -0.25) is 9.78 Å². The number of ether oxygens (including phenoxy) is 1. The summed E-state index contributed by atoms with van der Waals surface area (Å²) >= 11 is 0. The van der Waals surface area contributed by atoms with Crippen LogP contribution >= 0.6 is 0 Å². The lowest BCUT2D eigenvalue weighted by Gasteiger charge is -2.11. The van der Waals surface area contributed by atoms with Gasteiger partial charge in [-0.15, -0.1) is 0 Å². The summed E-state index contributed by atoms with van der Waals surface area (Å²) in [6.07, 6.45) is 3.25. The van der Waals surface area contributed by atoms with E-state index in [1.165, 1.54) is 5.56 Å². The van der Waals surface area contributed by atoms with Gasteiger partial charge in [0.2, 0.25) is 0 Å². The highest BCUT2D eigenvalue weighted by atomic mass is 16.5. The van der Waals surface area contributed by atoms with Crippen molar-refractivity contribution in [2.45, 2.75) is 26.7 Å². The van der Waals surface area contributed by atoms with E-state index in [4.69, 9.17) is 4.74 Å². The van der Waals surface area contributed by atoms with Gasteiger partial charge in [0.15, 0.2) is 0 Å². The second-order valence-corrected chi connectivity index (χ2v) is 6.78. The fourth-order valence-electron chi connectivity index (χ4n) is 2.75. The Labute approximate surface area is 165 Å². The van der Waals surface area contributed by atoms with E-state index in [0.717, 1.165) is 17.1 Å².